The topological polar surface area (TPSA) is 26.0 Å². The normalized spacial score (nSPS) is 16.1. The standard InChI is InChI=1S/C3H6F3NS/c4-3(5,6)2(8)1-7/h2,8H,1,7H2/t2-/m1/s1. The fourth-order valence-electron chi connectivity index (χ4n) is 0.134. The molecule has 0 aliphatic heterocycles. The molecule has 5 heteroatoms. The zero-order valence-electron chi connectivity index (χ0n) is 3.94. The highest BCUT2D eigenvalue weighted by molar-refractivity contribution is 7.81. The van der Waals surface area contributed by atoms with Crippen molar-refractivity contribution < 1.29 is 13.2 Å². The van der Waals surface area contributed by atoms with Gasteiger partial charge in [-0.25, -0.2) is 0 Å². The molecule has 0 rings (SSSR count). The molecule has 0 aromatic carbocycles. The average molecular weight is 145 g/mol. The van der Waals surface area contributed by atoms with Crippen molar-refractivity contribution in [2.24, 2.45) is 5.73 Å². The lowest BCUT2D eigenvalue weighted by molar-refractivity contribution is -0.126. The lowest BCUT2D eigenvalue weighted by Gasteiger charge is -2.10. The summed E-state index contributed by atoms with van der Waals surface area (Å²) in [6.07, 6.45) is -4.25. The van der Waals surface area contributed by atoms with Crippen LogP contribution in [0.25, 0.3) is 0 Å². The second-order valence-electron chi connectivity index (χ2n) is 1.29. The first-order chi connectivity index (χ1) is 3.48. The van der Waals surface area contributed by atoms with Crippen molar-refractivity contribution in [3.05, 3.63) is 0 Å². The molecule has 2 N–H and O–H groups in total. The van der Waals surface area contributed by atoms with E-state index >= 15 is 0 Å². The number of nitrogens with two attached hydrogens (primary N) is 1. The molecular formula is C3H6F3NS. The molecule has 1 atom stereocenters. The van der Waals surface area contributed by atoms with E-state index in [1.165, 1.54) is 0 Å². The Bertz CT molecular complexity index is 71.4. The van der Waals surface area contributed by atoms with Crippen LogP contribution in [-0.2, 0) is 0 Å². The van der Waals surface area contributed by atoms with Crippen molar-refractivity contribution >= 4 is 12.6 Å². The van der Waals surface area contributed by atoms with Gasteiger partial charge in [-0.05, 0) is 0 Å². The summed E-state index contributed by atoms with van der Waals surface area (Å²) in [7, 11) is 0. The minimum Gasteiger partial charge on any atom is -0.329 e. The Morgan fingerprint density at radius 2 is 1.88 bits per heavy atom. The Hall–Kier alpha value is 0.100. The average Bonchev–Trinajstić information content (AvgIpc) is 1.62. The van der Waals surface area contributed by atoms with Crippen molar-refractivity contribution in [3.63, 3.8) is 0 Å². The van der Waals surface area contributed by atoms with Crippen LogP contribution in [0.1, 0.15) is 0 Å². The van der Waals surface area contributed by atoms with Crippen LogP contribution < -0.4 is 5.73 Å². The van der Waals surface area contributed by atoms with Crippen molar-refractivity contribution in [3.8, 4) is 0 Å². The van der Waals surface area contributed by atoms with Crippen LogP contribution in [-0.4, -0.2) is 18.0 Å². The van der Waals surface area contributed by atoms with Crippen LogP contribution in [0.5, 0.6) is 0 Å². The van der Waals surface area contributed by atoms with Gasteiger partial charge < -0.3 is 5.73 Å². The molecular weight excluding hydrogens is 139 g/mol. The van der Waals surface area contributed by atoms with E-state index in [0.29, 0.717) is 0 Å². The largest absolute Gasteiger partial charge is 0.401 e. The van der Waals surface area contributed by atoms with Gasteiger partial charge in [-0.15, -0.1) is 0 Å². The molecule has 0 spiro atoms. The van der Waals surface area contributed by atoms with Gasteiger partial charge in [0.25, 0.3) is 0 Å². The van der Waals surface area contributed by atoms with Gasteiger partial charge in [0, 0.05) is 6.54 Å². The van der Waals surface area contributed by atoms with Crippen molar-refractivity contribution in [2.75, 3.05) is 6.54 Å². The second-order valence-corrected chi connectivity index (χ2v) is 1.92. The SMILES string of the molecule is NC[C@@H](S)C(F)(F)F. The quantitative estimate of drug-likeness (QED) is 0.524. The Balaban J connectivity index is 3.62. The summed E-state index contributed by atoms with van der Waals surface area (Å²) in [6.45, 7) is -0.466. The third-order valence-corrected chi connectivity index (χ3v) is 1.10. The summed E-state index contributed by atoms with van der Waals surface area (Å²) < 4.78 is 33.9. The van der Waals surface area contributed by atoms with Gasteiger partial charge in [-0.1, -0.05) is 0 Å². The van der Waals surface area contributed by atoms with Crippen molar-refractivity contribution in [2.45, 2.75) is 11.4 Å². The molecule has 0 heterocycles. The van der Waals surface area contributed by atoms with Gasteiger partial charge in [0.1, 0.15) is 5.25 Å². The maximum absolute atomic E-state index is 11.3. The number of halogens is 3. The minimum absolute atomic E-state index is 0.466. The van der Waals surface area contributed by atoms with E-state index < -0.39 is 18.0 Å². The molecule has 0 bridgehead atoms. The molecule has 0 unspecified atom stereocenters. The number of hydrogen-bond acceptors (Lipinski definition) is 2. The molecule has 0 radical (unpaired) electrons. The third-order valence-electron chi connectivity index (χ3n) is 0.601. The van der Waals surface area contributed by atoms with Gasteiger partial charge in [0.05, 0.1) is 0 Å². The number of rotatable bonds is 1. The van der Waals surface area contributed by atoms with E-state index in [9.17, 15) is 13.2 Å². The summed E-state index contributed by atoms with van der Waals surface area (Å²) in [5.74, 6) is 0. The summed E-state index contributed by atoms with van der Waals surface area (Å²) in [6, 6.07) is 0. The Labute approximate surface area is 50.5 Å². The predicted octanol–water partition coefficient (Wildman–Crippen LogP) is 0.806. The first kappa shape index (κ1) is 8.10. The van der Waals surface area contributed by atoms with Crippen LogP contribution in [0.15, 0.2) is 0 Å². The van der Waals surface area contributed by atoms with E-state index in [2.05, 4.69) is 18.4 Å². The molecule has 0 fully saturated rings. The highest BCUT2D eigenvalue weighted by Gasteiger charge is 2.35. The lowest BCUT2D eigenvalue weighted by atomic mass is 10.4. The zero-order valence-corrected chi connectivity index (χ0v) is 4.84. The van der Waals surface area contributed by atoms with E-state index in [4.69, 9.17) is 0 Å². The molecule has 0 aliphatic carbocycles. The molecule has 0 aromatic rings. The van der Waals surface area contributed by atoms with Crippen LogP contribution in [0.2, 0.25) is 0 Å². The number of alkyl halides is 3. The van der Waals surface area contributed by atoms with Crippen LogP contribution >= 0.6 is 12.6 Å². The Morgan fingerprint density at radius 3 is 1.88 bits per heavy atom. The fourth-order valence-corrected chi connectivity index (χ4v) is 0.134. The minimum atomic E-state index is -4.25. The molecule has 0 aliphatic rings. The third kappa shape index (κ3) is 2.42. The maximum Gasteiger partial charge on any atom is 0.401 e. The first-order valence-electron chi connectivity index (χ1n) is 1.93. The highest BCUT2D eigenvalue weighted by Crippen LogP contribution is 2.22. The zero-order chi connectivity index (χ0) is 6.78. The van der Waals surface area contributed by atoms with Gasteiger partial charge in [-0.3, -0.25) is 0 Å². The molecule has 1 nitrogen and oxygen atoms in total. The van der Waals surface area contributed by atoms with Gasteiger partial charge in [-0.2, -0.15) is 25.8 Å². The van der Waals surface area contributed by atoms with E-state index in [1.807, 2.05) is 0 Å². The van der Waals surface area contributed by atoms with Crippen molar-refractivity contribution in [1.29, 1.82) is 0 Å². The van der Waals surface area contributed by atoms with Gasteiger partial charge >= 0.3 is 6.18 Å². The molecule has 0 amide bonds. The highest BCUT2D eigenvalue weighted by atomic mass is 32.1. The number of hydrogen-bond donors (Lipinski definition) is 2. The van der Waals surface area contributed by atoms with Gasteiger partial charge in [0.15, 0.2) is 0 Å². The molecule has 8 heavy (non-hydrogen) atoms. The van der Waals surface area contributed by atoms with E-state index in [0.717, 1.165) is 0 Å². The van der Waals surface area contributed by atoms with Crippen molar-refractivity contribution in [1.82, 2.24) is 0 Å². The summed E-state index contributed by atoms with van der Waals surface area (Å²) >= 11 is 3.16. The molecule has 0 saturated heterocycles. The first-order valence-corrected chi connectivity index (χ1v) is 2.45. The summed E-state index contributed by atoms with van der Waals surface area (Å²) in [4.78, 5) is 0. The molecule has 0 saturated carbocycles. The molecule has 50 valence electrons. The smallest absolute Gasteiger partial charge is 0.329 e. The van der Waals surface area contributed by atoms with E-state index in [1.54, 1.807) is 0 Å². The fraction of sp³-hybridized carbons (Fsp3) is 1.00. The summed E-state index contributed by atoms with van der Waals surface area (Å²) in [5, 5.41) is -1.68. The van der Waals surface area contributed by atoms with Crippen LogP contribution in [0.3, 0.4) is 0 Å². The van der Waals surface area contributed by atoms with Crippen LogP contribution in [0.4, 0.5) is 13.2 Å². The monoisotopic (exact) mass is 145 g/mol. The van der Waals surface area contributed by atoms with E-state index in [-0.39, 0.29) is 0 Å². The lowest BCUT2D eigenvalue weighted by Crippen LogP contribution is -2.30. The second kappa shape index (κ2) is 2.59. The number of thiol groups is 1. The predicted molar refractivity (Wildman–Crippen MR) is 27.9 cm³/mol. The summed E-state index contributed by atoms with van der Waals surface area (Å²) in [5.41, 5.74) is 4.66. The Kier molecular flexibility index (Phi) is 2.62. The maximum atomic E-state index is 11.3. The molecule has 0 aromatic heterocycles. The van der Waals surface area contributed by atoms with Gasteiger partial charge in [0.2, 0.25) is 0 Å². The van der Waals surface area contributed by atoms with Crippen LogP contribution in [0, 0.1) is 0 Å². The Morgan fingerprint density at radius 1 is 1.50 bits per heavy atom.